The third-order valence-electron chi connectivity index (χ3n) is 3.98. The van der Waals surface area contributed by atoms with Crippen LogP contribution in [0.2, 0.25) is 0 Å². The number of aromatic nitrogens is 4. The predicted molar refractivity (Wildman–Crippen MR) is 106 cm³/mol. The fraction of sp³-hybridized carbons (Fsp3) is 0.150. The van der Waals surface area contributed by atoms with Gasteiger partial charge in [-0.1, -0.05) is 36.0 Å². The quantitative estimate of drug-likeness (QED) is 0.397. The molecular weight excluding hydrogens is 379 g/mol. The van der Waals surface area contributed by atoms with Crippen LogP contribution in [0.25, 0.3) is 17.0 Å². The molecule has 0 aliphatic heterocycles. The van der Waals surface area contributed by atoms with E-state index in [1.54, 1.807) is 12.1 Å². The van der Waals surface area contributed by atoms with Gasteiger partial charge in [0, 0.05) is 17.4 Å². The number of ether oxygens (including phenoxy) is 1. The van der Waals surface area contributed by atoms with Gasteiger partial charge in [-0.3, -0.25) is 9.89 Å². The average molecular weight is 396 g/mol. The number of aryl methyl sites for hydroxylation is 1. The van der Waals surface area contributed by atoms with Crippen molar-refractivity contribution in [2.24, 2.45) is 0 Å². The van der Waals surface area contributed by atoms with E-state index in [-0.39, 0.29) is 11.4 Å². The molecule has 2 heterocycles. The van der Waals surface area contributed by atoms with Crippen LogP contribution in [0.4, 0.5) is 4.39 Å². The van der Waals surface area contributed by atoms with Crippen LogP contribution in [-0.2, 0) is 0 Å². The second kappa shape index (κ2) is 7.85. The van der Waals surface area contributed by atoms with Crippen molar-refractivity contribution in [2.75, 3.05) is 12.4 Å². The van der Waals surface area contributed by atoms with E-state index in [1.165, 1.54) is 34.5 Å². The average Bonchev–Trinajstić information content (AvgIpc) is 3.05. The van der Waals surface area contributed by atoms with Crippen LogP contribution in [0.5, 0.6) is 5.75 Å². The lowest BCUT2D eigenvalue weighted by Gasteiger charge is -2.09. The van der Waals surface area contributed by atoms with E-state index in [9.17, 15) is 9.18 Å². The van der Waals surface area contributed by atoms with Crippen LogP contribution in [0.3, 0.4) is 0 Å². The predicted octanol–water partition coefficient (Wildman–Crippen LogP) is 3.70. The topological polar surface area (TPSA) is 72.3 Å². The van der Waals surface area contributed by atoms with Crippen molar-refractivity contribution >= 4 is 17.4 Å². The van der Waals surface area contributed by atoms with Gasteiger partial charge in [-0.2, -0.15) is 0 Å². The van der Waals surface area contributed by atoms with Gasteiger partial charge in [0.05, 0.1) is 6.61 Å². The van der Waals surface area contributed by atoms with Crippen LogP contribution >= 0.6 is 11.8 Å². The van der Waals surface area contributed by atoms with Gasteiger partial charge in [-0.15, -0.1) is 0 Å². The Bertz CT molecular complexity index is 1190. The third-order valence-corrected chi connectivity index (χ3v) is 4.88. The molecule has 28 heavy (non-hydrogen) atoms. The van der Waals surface area contributed by atoms with Crippen molar-refractivity contribution in [1.82, 2.24) is 19.6 Å². The molecule has 0 aliphatic rings. The summed E-state index contributed by atoms with van der Waals surface area (Å²) in [6.07, 6.45) is 0. The summed E-state index contributed by atoms with van der Waals surface area (Å²) < 4.78 is 20.9. The molecule has 0 unspecified atom stereocenters. The monoisotopic (exact) mass is 396 g/mol. The van der Waals surface area contributed by atoms with Crippen molar-refractivity contribution in [3.63, 3.8) is 0 Å². The lowest BCUT2D eigenvalue weighted by atomic mass is 10.2. The van der Waals surface area contributed by atoms with E-state index in [4.69, 9.17) is 4.74 Å². The van der Waals surface area contributed by atoms with E-state index >= 15 is 0 Å². The van der Waals surface area contributed by atoms with Crippen molar-refractivity contribution in [1.29, 1.82) is 0 Å². The normalized spacial score (nSPS) is 11.1. The molecule has 0 spiro atoms. The Morgan fingerprint density at radius 1 is 1.14 bits per heavy atom. The molecule has 6 nitrogen and oxygen atoms in total. The summed E-state index contributed by atoms with van der Waals surface area (Å²) >= 11 is 1.42. The summed E-state index contributed by atoms with van der Waals surface area (Å²) in [7, 11) is 0. The van der Waals surface area contributed by atoms with Gasteiger partial charge >= 0.3 is 0 Å². The SMILES string of the molecule is Cc1cccc(OCCSc2nc(-c3cccc(F)c3)nc3cc(=O)[nH]n23)c1. The molecule has 0 bridgehead atoms. The number of rotatable bonds is 6. The molecule has 0 saturated carbocycles. The van der Waals surface area contributed by atoms with E-state index in [0.717, 1.165) is 11.3 Å². The number of fused-ring (bicyclic) bond motifs is 1. The molecule has 0 amide bonds. The highest BCUT2D eigenvalue weighted by atomic mass is 32.2. The van der Waals surface area contributed by atoms with E-state index in [0.29, 0.717) is 34.6 Å². The summed E-state index contributed by atoms with van der Waals surface area (Å²) in [5.74, 6) is 1.42. The molecule has 0 saturated heterocycles. The second-order valence-corrected chi connectivity index (χ2v) is 7.23. The number of nitrogens with one attached hydrogen (secondary N) is 1. The van der Waals surface area contributed by atoms with Gasteiger partial charge in [-0.05, 0) is 36.8 Å². The van der Waals surface area contributed by atoms with Crippen LogP contribution in [0, 0.1) is 12.7 Å². The van der Waals surface area contributed by atoms with E-state index < -0.39 is 0 Å². The summed E-state index contributed by atoms with van der Waals surface area (Å²) in [5, 5.41) is 3.24. The number of halogens is 1. The molecule has 142 valence electrons. The minimum atomic E-state index is -0.367. The fourth-order valence-electron chi connectivity index (χ4n) is 2.73. The summed E-state index contributed by atoms with van der Waals surface area (Å²) in [5.41, 5.74) is 1.84. The molecule has 0 radical (unpaired) electrons. The maximum atomic E-state index is 13.6. The first-order chi connectivity index (χ1) is 13.6. The smallest absolute Gasteiger partial charge is 0.266 e. The first-order valence-corrected chi connectivity index (χ1v) is 9.65. The Balaban J connectivity index is 1.56. The lowest BCUT2D eigenvalue weighted by molar-refractivity contribution is 0.343. The van der Waals surface area contributed by atoms with Gasteiger partial charge in [0.15, 0.2) is 16.6 Å². The maximum Gasteiger partial charge on any atom is 0.266 e. The minimum Gasteiger partial charge on any atom is -0.493 e. The molecule has 2 aromatic carbocycles. The highest BCUT2D eigenvalue weighted by molar-refractivity contribution is 7.99. The van der Waals surface area contributed by atoms with Crippen LogP contribution < -0.4 is 10.3 Å². The maximum absolute atomic E-state index is 13.6. The number of hydrogen-bond acceptors (Lipinski definition) is 5. The molecule has 2 aromatic heterocycles. The van der Waals surface area contributed by atoms with E-state index in [1.807, 2.05) is 31.2 Å². The largest absolute Gasteiger partial charge is 0.493 e. The summed E-state index contributed by atoms with van der Waals surface area (Å²) in [6.45, 7) is 2.48. The first-order valence-electron chi connectivity index (χ1n) is 8.66. The number of aromatic amines is 1. The number of H-pyrrole nitrogens is 1. The Morgan fingerprint density at radius 2 is 2.00 bits per heavy atom. The summed E-state index contributed by atoms with van der Waals surface area (Å²) in [6, 6.07) is 15.3. The van der Waals surface area contributed by atoms with Gasteiger partial charge < -0.3 is 4.74 Å². The molecule has 4 aromatic rings. The number of hydrogen-bond donors (Lipinski definition) is 1. The summed E-state index contributed by atoms with van der Waals surface area (Å²) in [4.78, 5) is 20.6. The van der Waals surface area contributed by atoms with Crippen molar-refractivity contribution in [2.45, 2.75) is 12.1 Å². The van der Waals surface area contributed by atoms with Crippen molar-refractivity contribution in [3.05, 3.63) is 76.3 Å². The van der Waals surface area contributed by atoms with Gasteiger partial charge in [0.1, 0.15) is 11.6 Å². The molecule has 0 aliphatic carbocycles. The van der Waals surface area contributed by atoms with Gasteiger partial charge in [0.2, 0.25) is 0 Å². The van der Waals surface area contributed by atoms with Crippen LogP contribution in [0.1, 0.15) is 5.56 Å². The fourth-order valence-corrected chi connectivity index (χ4v) is 3.50. The number of nitrogens with zero attached hydrogens (tertiary/aromatic N) is 3. The Labute approximate surface area is 164 Å². The standard InChI is InChI=1S/C20H17FN4O2S/c1-13-4-2-7-16(10-13)27-8-9-28-20-23-19(14-5-3-6-15(21)11-14)22-17-12-18(26)24-25(17)20/h2-7,10-12H,8-9H2,1H3,(H,24,26). The minimum absolute atomic E-state index is 0.274. The van der Waals surface area contributed by atoms with Crippen LogP contribution in [0.15, 0.2) is 64.5 Å². The molecular formula is C20H17FN4O2S. The second-order valence-electron chi connectivity index (χ2n) is 6.17. The van der Waals surface area contributed by atoms with E-state index in [2.05, 4.69) is 15.1 Å². The highest BCUT2D eigenvalue weighted by Gasteiger charge is 2.12. The Kier molecular flexibility index (Phi) is 5.12. The lowest BCUT2D eigenvalue weighted by Crippen LogP contribution is -2.07. The van der Waals surface area contributed by atoms with Crippen molar-refractivity contribution in [3.8, 4) is 17.1 Å². The zero-order chi connectivity index (χ0) is 19.5. The zero-order valence-electron chi connectivity index (χ0n) is 15.1. The molecule has 0 atom stereocenters. The molecule has 0 fully saturated rings. The highest BCUT2D eigenvalue weighted by Crippen LogP contribution is 2.22. The first kappa shape index (κ1) is 18.2. The van der Waals surface area contributed by atoms with Gasteiger partial charge in [-0.25, -0.2) is 18.9 Å². The molecule has 4 rings (SSSR count). The van der Waals surface area contributed by atoms with Gasteiger partial charge in [0.25, 0.3) is 5.56 Å². The van der Waals surface area contributed by atoms with Crippen LogP contribution in [-0.4, -0.2) is 31.9 Å². The zero-order valence-corrected chi connectivity index (χ0v) is 15.9. The number of benzene rings is 2. The third kappa shape index (κ3) is 4.07. The number of thioether (sulfide) groups is 1. The Hall–Kier alpha value is -3.13. The molecule has 8 heteroatoms. The Morgan fingerprint density at radius 3 is 2.82 bits per heavy atom. The van der Waals surface area contributed by atoms with Crippen molar-refractivity contribution < 1.29 is 9.13 Å². The molecule has 1 N–H and O–H groups in total.